The number of aliphatic carboxylic acids is 1. The van der Waals surface area contributed by atoms with E-state index in [2.05, 4.69) is 31.2 Å². The standard InChI is InChI=1S/C30H38O6/c1-22(13-14-24-10-6-4-7-11-24)15-16-30(34)21-27-20-26(36-30)17-23(2)9-5-3-8-12-25(18-28(31)32)19-29(33)35-27/h3-4,6-11,13,19,26-27,34H,5,12,14-18,20-21H2,1-2H3,(H,31,32)/t26-,27+,30-/m0/s1. The van der Waals surface area contributed by atoms with E-state index in [9.17, 15) is 19.8 Å². The number of carboxylic acid groups (broad SMARTS) is 1. The number of hydrogen-bond donors (Lipinski definition) is 2. The SMILES string of the molecule is CC(=CCc1ccccc1)CC[C@@]1(O)C[C@H]2C[C@H](CC(C)=CCC=CCC(CC(=O)O)=CC(=O)O2)O1. The van der Waals surface area contributed by atoms with E-state index in [1.54, 1.807) is 0 Å². The lowest BCUT2D eigenvalue weighted by molar-refractivity contribution is -0.275. The van der Waals surface area contributed by atoms with Crippen molar-refractivity contribution in [3.63, 3.8) is 0 Å². The molecule has 2 heterocycles. The molecule has 0 radical (unpaired) electrons. The van der Waals surface area contributed by atoms with E-state index >= 15 is 0 Å². The third-order valence-electron chi connectivity index (χ3n) is 6.58. The van der Waals surface area contributed by atoms with E-state index in [0.717, 1.165) is 17.6 Å². The molecule has 3 rings (SSSR count). The molecule has 2 aliphatic heterocycles. The van der Waals surface area contributed by atoms with E-state index in [-0.39, 0.29) is 18.9 Å². The second kappa shape index (κ2) is 13.4. The Morgan fingerprint density at radius 3 is 2.72 bits per heavy atom. The smallest absolute Gasteiger partial charge is 0.331 e. The molecule has 0 aromatic heterocycles. The molecule has 2 N–H and O–H groups in total. The highest BCUT2D eigenvalue weighted by Crippen LogP contribution is 2.35. The van der Waals surface area contributed by atoms with Gasteiger partial charge in [0.25, 0.3) is 0 Å². The van der Waals surface area contributed by atoms with Crippen LogP contribution in [0.5, 0.6) is 0 Å². The Morgan fingerprint density at radius 2 is 1.97 bits per heavy atom. The molecule has 36 heavy (non-hydrogen) atoms. The summed E-state index contributed by atoms with van der Waals surface area (Å²) in [6.45, 7) is 4.09. The van der Waals surface area contributed by atoms with E-state index in [4.69, 9.17) is 9.47 Å². The first-order chi connectivity index (χ1) is 17.2. The number of benzene rings is 1. The van der Waals surface area contributed by atoms with Crippen molar-refractivity contribution in [1.29, 1.82) is 0 Å². The van der Waals surface area contributed by atoms with Crippen LogP contribution in [-0.4, -0.2) is 40.1 Å². The first-order valence-corrected chi connectivity index (χ1v) is 12.7. The zero-order chi connectivity index (χ0) is 26.0. The summed E-state index contributed by atoms with van der Waals surface area (Å²) in [6.07, 6.45) is 12.7. The van der Waals surface area contributed by atoms with Crippen molar-refractivity contribution in [3.8, 4) is 0 Å². The average molecular weight is 495 g/mol. The van der Waals surface area contributed by atoms with Crippen LogP contribution < -0.4 is 0 Å². The fraction of sp³-hybridized carbons (Fsp3) is 0.467. The monoisotopic (exact) mass is 494 g/mol. The summed E-state index contributed by atoms with van der Waals surface area (Å²) in [5.41, 5.74) is 4.02. The number of rotatable bonds is 7. The zero-order valence-electron chi connectivity index (χ0n) is 21.3. The van der Waals surface area contributed by atoms with Crippen LogP contribution in [0.15, 0.2) is 77.4 Å². The van der Waals surface area contributed by atoms with Gasteiger partial charge in [0.05, 0.1) is 12.5 Å². The Morgan fingerprint density at radius 1 is 1.19 bits per heavy atom. The number of esters is 1. The van der Waals surface area contributed by atoms with Gasteiger partial charge < -0.3 is 19.7 Å². The molecular formula is C30H38O6. The Labute approximate surface area is 214 Å². The Bertz CT molecular complexity index is 1020. The Hall–Kier alpha value is -2.96. The van der Waals surface area contributed by atoms with E-state index in [1.165, 1.54) is 11.6 Å². The van der Waals surface area contributed by atoms with Gasteiger partial charge in [0.1, 0.15) is 6.10 Å². The highest BCUT2D eigenvalue weighted by molar-refractivity contribution is 5.84. The van der Waals surface area contributed by atoms with Crippen LogP contribution in [0, 0.1) is 0 Å². The highest BCUT2D eigenvalue weighted by atomic mass is 16.6. The maximum absolute atomic E-state index is 12.6. The summed E-state index contributed by atoms with van der Waals surface area (Å²) in [5, 5.41) is 20.6. The van der Waals surface area contributed by atoms with Crippen LogP contribution in [0.1, 0.15) is 70.8 Å². The van der Waals surface area contributed by atoms with Gasteiger partial charge in [-0.05, 0) is 57.1 Å². The minimum Gasteiger partial charge on any atom is -0.481 e. The van der Waals surface area contributed by atoms with Gasteiger partial charge in [-0.25, -0.2) is 4.79 Å². The van der Waals surface area contributed by atoms with Crippen LogP contribution in [0.25, 0.3) is 0 Å². The van der Waals surface area contributed by atoms with Crippen molar-refractivity contribution >= 4 is 11.9 Å². The molecule has 1 saturated heterocycles. The van der Waals surface area contributed by atoms with Crippen molar-refractivity contribution in [2.75, 3.05) is 0 Å². The molecule has 1 aromatic rings. The third-order valence-corrected chi connectivity index (χ3v) is 6.58. The maximum atomic E-state index is 12.6. The molecule has 0 spiro atoms. The molecule has 0 saturated carbocycles. The highest BCUT2D eigenvalue weighted by Gasteiger charge is 2.41. The second-order valence-corrected chi connectivity index (χ2v) is 9.96. The molecule has 2 aliphatic rings. The van der Waals surface area contributed by atoms with Crippen LogP contribution >= 0.6 is 0 Å². The van der Waals surface area contributed by atoms with Gasteiger partial charge in [-0.3, -0.25) is 4.79 Å². The average Bonchev–Trinajstić information content (AvgIpc) is 2.80. The molecule has 1 aromatic carbocycles. The minimum absolute atomic E-state index is 0.186. The Balaban J connectivity index is 1.72. The van der Waals surface area contributed by atoms with Crippen molar-refractivity contribution < 1.29 is 29.3 Å². The van der Waals surface area contributed by atoms with Crippen LogP contribution in [0.4, 0.5) is 0 Å². The lowest BCUT2D eigenvalue weighted by Gasteiger charge is -2.41. The molecule has 6 nitrogen and oxygen atoms in total. The number of allylic oxidation sites excluding steroid dienone is 5. The lowest BCUT2D eigenvalue weighted by atomic mass is 9.91. The molecule has 0 amide bonds. The molecule has 194 valence electrons. The summed E-state index contributed by atoms with van der Waals surface area (Å²) in [4.78, 5) is 23.9. The number of carbonyl (C=O) groups excluding carboxylic acids is 1. The first-order valence-electron chi connectivity index (χ1n) is 12.7. The normalized spacial score (nSPS) is 25.9. The largest absolute Gasteiger partial charge is 0.481 e. The zero-order valence-corrected chi connectivity index (χ0v) is 21.3. The number of ether oxygens (including phenoxy) is 2. The fourth-order valence-electron chi connectivity index (χ4n) is 4.70. The van der Waals surface area contributed by atoms with Gasteiger partial charge in [0.2, 0.25) is 0 Å². The molecule has 0 aliphatic carbocycles. The molecular weight excluding hydrogens is 456 g/mol. The molecule has 6 heteroatoms. The van der Waals surface area contributed by atoms with Gasteiger partial charge in [-0.2, -0.15) is 0 Å². The minimum atomic E-state index is -1.40. The van der Waals surface area contributed by atoms with Gasteiger partial charge in [0.15, 0.2) is 5.79 Å². The van der Waals surface area contributed by atoms with Crippen molar-refractivity contribution in [1.82, 2.24) is 0 Å². The number of fused-ring (bicyclic) bond motifs is 2. The quantitative estimate of drug-likeness (QED) is 0.366. The van der Waals surface area contributed by atoms with Crippen LogP contribution in [0.2, 0.25) is 0 Å². The predicted molar refractivity (Wildman–Crippen MR) is 139 cm³/mol. The van der Waals surface area contributed by atoms with Crippen LogP contribution in [-0.2, 0) is 25.5 Å². The molecule has 0 unspecified atom stereocenters. The van der Waals surface area contributed by atoms with E-state index in [1.807, 2.05) is 37.3 Å². The summed E-state index contributed by atoms with van der Waals surface area (Å²) in [7, 11) is 0. The number of carboxylic acids is 1. The summed E-state index contributed by atoms with van der Waals surface area (Å²) in [5.74, 6) is -2.97. The summed E-state index contributed by atoms with van der Waals surface area (Å²) in [6, 6.07) is 10.2. The van der Waals surface area contributed by atoms with E-state index < -0.39 is 23.8 Å². The van der Waals surface area contributed by atoms with Crippen molar-refractivity contribution in [3.05, 3.63) is 83.0 Å². The maximum Gasteiger partial charge on any atom is 0.331 e. The lowest BCUT2D eigenvalue weighted by Crippen LogP contribution is -2.47. The van der Waals surface area contributed by atoms with Crippen molar-refractivity contribution in [2.45, 2.75) is 89.6 Å². The topological polar surface area (TPSA) is 93.1 Å². The van der Waals surface area contributed by atoms with Gasteiger partial charge in [-0.1, -0.05) is 65.8 Å². The van der Waals surface area contributed by atoms with Gasteiger partial charge >= 0.3 is 11.9 Å². The molecule has 1 fully saturated rings. The van der Waals surface area contributed by atoms with Crippen molar-refractivity contribution in [2.24, 2.45) is 0 Å². The molecule has 3 atom stereocenters. The predicted octanol–water partition coefficient (Wildman–Crippen LogP) is 5.82. The summed E-state index contributed by atoms with van der Waals surface area (Å²) >= 11 is 0. The van der Waals surface area contributed by atoms with Gasteiger partial charge in [-0.15, -0.1) is 0 Å². The van der Waals surface area contributed by atoms with Gasteiger partial charge in [0, 0.05) is 25.3 Å². The Kier molecular flexibility index (Phi) is 10.3. The number of aliphatic hydroxyl groups is 1. The number of hydrogen-bond acceptors (Lipinski definition) is 5. The fourth-order valence-corrected chi connectivity index (χ4v) is 4.70. The van der Waals surface area contributed by atoms with Crippen LogP contribution in [0.3, 0.4) is 0 Å². The third kappa shape index (κ3) is 9.59. The second-order valence-electron chi connectivity index (χ2n) is 9.96. The first kappa shape index (κ1) is 27.6. The number of carbonyl (C=O) groups is 2. The summed E-state index contributed by atoms with van der Waals surface area (Å²) < 4.78 is 11.9. The molecule has 2 bridgehead atoms. The van der Waals surface area contributed by atoms with E-state index in [0.29, 0.717) is 44.1 Å².